The Morgan fingerprint density at radius 1 is 0.833 bits per heavy atom. The van der Waals surface area contributed by atoms with E-state index in [1.54, 1.807) is 0 Å². The molecule has 2 aliphatic rings. The summed E-state index contributed by atoms with van der Waals surface area (Å²) >= 11 is 0. The van der Waals surface area contributed by atoms with Crippen molar-refractivity contribution in [3.8, 4) is 0 Å². The van der Waals surface area contributed by atoms with E-state index in [1.807, 2.05) is 12.2 Å². The summed E-state index contributed by atoms with van der Waals surface area (Å²) < 4.78 is 0. The molecule has 3 rings (SSSR count). The van der Waals surface area contributed by atoms with E-state index in [2.05, 4.69) is 53.9 Å². The zero-order chi connectivity index (χ0) is 12.5. The standard InChI is InChI=1S/C10H13N.C7H8/c1-2-7-10-9(5-1)6-3-4-8-11-10;1-2-4-6-7-5-3-1/h1-2,5,7,11H,3-4,6,8H2;1-6H,7H2. The summed E-state index contributed by atoms with van der Waals surface area (Å²) in [5.74, 6) is 0. The predicted octanol–water partition coefficient (Wildman–Crippen LogP) is 4.49. The summed E-state index contributed by atoms with van der Waals surface area (Å²) in [5.41, 5.74) is 2.81. The average molecular weight is 239 g/mol. The van der Waals surface area contributed by atoms with Gasteiger partial charge in [0.1, 0.15) is 0 Å². The maximum Gasteiger partial charge on any atom is 0.0372 e. The monoisotopic (exact) mass is 239 g/mol. The van der Waals surface area contributed by atoms with Gasteiger partial charge in [-0.3, -0.25) is 0 Å². The number of benzene rings is 1. The molecular weight excluding hydrogens is 218 g/mol. The molecule has 0 atom stereocenters. The van der Waals surface area contributed by atoms with E-state index in [0.717, 1.165) is 13.0 Å². The summed E-state index contributed by atoms with van der Waals surface area (Å²) in [6.45, 7) is 1.14. The highest BCUT2D eigenvalue weighted by molar-refractivity contribution is 5.51. The van der Waals surface area contributed by atoms with Crippen LogP contribution in [0.1, 0.15) is 24.8 Å². The maximum absolute atomic E-state index is 3.43. The molecule has 1 heterocycles. The molecule has 1 aromatic rings. The Labute approximate surface area is 110 Å². The third kappa shape index (κ3) is 4.25. The molecule has 18 heavy (non-hydrogen) atoms. The van der Waals surface area contributed by atoms with E-state index in [-0.39, 0.29) is 0 Å². The zero-order valence-electron chi connectivity index (χ0n) is 10.8. The quantitative estimate of drug-likeness (QED) is 0.703. The molecule has 0 bridgehead atoms. The van der Waals surface area contributed by atoms with Crippen molar-refractivity contribution in [2.45, 2.75) is 25.7 Å². The smallest absolute Gasteiger partial charge is 0.0372 e. The van der Waals surface area contributed by atoms with E-state index >= 15 is 0 Å². The molecule has 0 amide bonds. The van der Waals surface area contributed by atoms with Crippen LogP contribution in [0.15, 0.2) is 60.7 Å². The fourth-order valence-electron chi connectivity index (χ4n) is 2.10. The van der Waals surface area contributed by atoms with Crippen molar-refractivity contribution in [2.24, 2.45) is 0 Å². The molecule has 0 unspecified atom stereocenters. The molecule has 0 spiro atoms. The van der Waals surface area contributed by atoms with Crippen LogP contribution in [-0.4, -0.2) is 6.54 Å². The molecule has 0 aromatic heterocycles. The lowest BCUT2D eigenvalue weighted by Gasteiger charge is -2.04. The molecule has 0 radical (unpaired) electrons. The number of hydrogen-bond donors (Lipinski definition) is 1. The van der Waals surface area contributed by atoms with Crippen LogP contribution in [0.2, 0.25) is 0 Å². The minimum absolute atomic E-state index is 1.08. The highest BCUT2D eigenvalue weighted by Crippen LogP contribution is 2.19. The van der Waals surface area contributed by atoms with Gasteiger partial charge in [-0.1, -0.05) is 54.7 Å². The highest BCUT2D eigenvalue weighted by atomic mass is 14.9. The van der Waals surface area contributed by atoms with Crippen LogP contribution < -0.4 is 5.32 Å². The van der Waals surface area contributed by atoms with E-state index in [4.69, 9.17) is 0 Å². The number of allylic oxidation sites excluding steroid dienone is 6. The van der Waals surface area contributed by atoms with E-state index in [0.29, 0.717) is 0 Å². The Morgan fingerprint density at radius 2 is 1.61 bits per heavy atom. The summed E-state index contributed by atoms with van der Waals surface area (Å²) in [6, 6.07) is 8.59. The van der Waals surface area contributed by atoms with Crippen molar-refractivity contribution in [1.29, 1.82) is 0 Å². The first-order valence-corrected chi connectivity index (χ1v) is 6.77. The van der Waals surface area contributed by atoms with Gasteiger partial charge in [-0.05, 0) is 37.3 Å². The number of rotatable bonds is 0. The zero-order valence-corrected chi connectivity index (χ0v) is 10.8. The van der Waals surface area contributed by atoms with Crippen molar-refractivity contribution in [1.82, 2.24) is 0 Å². The second kappa shape index (κ2) is 7.54. The molecule has 1 aliphatic heterocycles. The van der Waals surface area contributed by atoms with Crippen molar-refractivity contribution in [3.05, 3.63) is 66.3 Å². The third-order valence-corrected chi connectivity index (χ3v) is 3.08. The minimum atomic E-state index is 1.08. The first-order valence-electron chi connectivity index (χ1n) is 6.77. The molecule has 0 saturated carbocycles. The minimum Gasteiger partial charge on any atom is -0.385 e. The number of fused-ring (bicyclic) bond motifs is 1. The van der Waals surface area contributed by atoms with Gasteiger partial charge in [-0.15, -0.1) is 0 Å². The Hall–Kier alpha value is -1.76. The van der Waals surface area contributed by atoms with Crippen LogP contribution in [0.5, 0.6) is 0 Å². The number of para-hydroxylation sites is 1. The molecule has 1 heteroatoms. The molecule has 0 fully saturated rings. The molecule has 94 valence electrons. The van der Waals surface area contributed by atoms with Gasteiger partial charge in [-0.2, -0.15) is 0 Å². The van der Waals surface area contributed by atoms with Crippen LogP contribution in [0.25, 0.3) is 0 Å². The van der Waals surface area contributed by atoms with Crippen LogP contribution in [-0.2, 0) is 6.42 Å². The molecule has 1 nitrogen and oxygen atoms in total. The van der Waals surface area contributed by atoms with E-state index in [9.17, 15) is 0 Å². The molecule has 1 N–H and O–H groups in total. The molecule has 1 aromatic carbocycles. The van der Waals surface area contributed by atoms with E-state index in [1.165, 1.54) is 30.5 Å². The third-order valence-electron chi connectivity index (χ3n) is 3.08. The lowest BCUT2D eigenvalue weighted by molar-refractivity contribution is 0.785. The maximum atomic E-state index is 3.43. The van der Waals surface area contributed by atoms with Gasteiger partial charge in [0, 0.05) is 12.2 Å². The normalized spacial score (nSPS) is 16.7. The molecule has 0 saturated heterocycles. The van der Waals surface area contributed by atoms with Gasteiger partial charge in [0.2, 0.25) is 0 Å². The number of hydrogen-bond acceptors (Lipinski definition) is 1. The fraction of sp³-hybridized carbons (Fsp3) is 0.294. The van der Waals surface area contributed by atoms with E-state index < -0.39 is 0 Å². The average Bonchev–Trinajstić information content (AvgIpc) is 2.84. The SMILES string of the molecule is C1=CC=CCC=C1.c1ccc2c(c1)CCCCN2. The lowest BCUT2D eigenvalue weighted by Crippen LogP contribution is -1.98. The summed E-state index contributed by atoms with van der Waals surface area (Å²) in [4.78, 5) is 0. The van der Waals surface area contributed by atoms with Crippen molar-refractivity contribution in [3.63, 3.8) is 0 Å². The fourth-order valence-corrected chi connectivity index (χ4v) is 2.10. The van der Waals surface area contributed by atoms with Gasteiger partial charge < -0.3 is 5.32 Å². The second-order valence-corrected chi connectivity index (χ2v) is 4.52. The Balaban J connectivity index is 0.000000149. The number of anilines is 1. The Morgan fingerprint density at radius 3 is 2.44 bits per heavy atom. The van der Waals surface area contributed by atoms with Crippen molar-refractivity contribution in [2.75, 3.05) is 11.9 Å². The van der Waals surface area contributed by atoms with Gasteiger partial charge in [0.25, 0.3) is 0 Å². The largest absolute Gasteiger partial charge is 0.385 e. The highest BCUT2D eigenvalue weighted by Gasteiger charge is 2.04. The molecule has 1 aliphatic carbocycles. The van der Waals surface area contributed by atoms with Crippen LogP contribution in [0.3, 0.4) is 0 Å². The summed E-state index contributed by atoms with van der Waals surface area (Å²) in [7, 11) is 0. The lowest BCUT2D eigenvalue weighted by atomic mass is 10.1. The van der Waals surface area contributed by atoms with Crippen LogP contribution in [0.4, 0.5) is 5.69 Å². The van der Waals surface area contributed by atoms with Gasteiger partial charge in [0.05, 0.1) is 0 Å². The van der Waals surface area contributed by atoms with Gasteiger partial charge >= 0.3 is 0 Å². The summed E-state index contributed by atoms with van der Waals surface area (Å²) in [6.07, 6.45) is 17.4. The van der Waals surface area contributed by atoms with Crippen molar-refractivity contribution >= 4 is 5.69 Å². The van der Waals surface area contributed by atoms with Crippen LogP contribution in [0, 0.1) is 0 Å². The Kier molecular flexibility index (Phi) is 5.32. The topological polar surface area (TPSA) is 12.0 Å². The van der Waals surface area contributed by atoms with Crippen molar-refractivity contribution < 1.29 is 0 Å². The predicted molar refractivity (Wildman–Crippen MR) is 79.9 cm³/mol. The van der Waals surface area contributed by atoms with Gasteiger partial charge in [0.15, 0.2) is 0 Å². The number of aryl methyl sites for hydroxylation is 1. The Bertz CT molecular complexity index is 402. The number of nitrogens with one attached hydrogen (secondary N) is 1. The van der Waals surface area contributed by atoms with Crippen LogP contribution >= 0.6 is 0 Å². The second-order valence-electron chi connectivity index (χ2n) is 4.52. The summed E-state index contributed by atoms with van der Waals surface area (Å²) in [5, 5.41) is 3.43. The molecular formula is C17H21N. The first-order chi connectivity index (χ1) is 8.97. The van der Waals surface area contributed by atoms with Gasteiger partial charge in [-0.25, -0.2) is 0 Å². The first kappa shape index (κ1) is 12.7.